The lowest BCUT2D eigenvalue weighted by molar-refractivity contribution is 0.0847. The summed E-state index contributed by atoms with van der Waals surface area (Å²) in [5.74, 6) is 0.388. The van der Waals surface area contributed by atoms with Crippen LogP contribution >= 0.6 is 22.9 Å². The summed E-state index contributed by atoms with van der Waals surface area (Å²) in [7, 11) is 0. The third-order valence-electron chi connectivity index (χ3n) is 2.50. The molecule has 2 rings (SSSR count). The molecule has 5 nitrogen and oxygen atoms in total. The molecule has 1 aromatic rings. The molecule has 2 unspecified atom stereocenters. The van der Waals surface area contributed by atoms with Gasteiger partial charge in [0.1, 0.15) is 6.67 Å². The lowest BCUT2D eigenvalue weighted by atomic mass is 10.5. The van der Waals surface area contributed by atoms with E-state index >= 15 is 0 Å². The van der Waals surface area contributed by atoms with Crippen LogP contribution in [0.2, 0.25) is 0 Å². The second-order valence-electron chi connectivity index (χ2n) is 3.63. The number of hydrogen-bond donors (Lipinski definition) is 1. The first-order valence-corrected chi connectivity index (χ1v) is 6.08. The Labute approximate surface area is 101 Å². The number of aliphatic hydroxyl groups is 1. The molecule has 8 heteroatoms. The van der Waals surface area contributed by atoms with Gasteiger partial charge in [-0.25, -0.2) is 4.90 Å². The lowest BCUT2D eigenvalue weighted by Crippen LogP contribution is -2.48. The number of halogens is 2. The Hall–Kier alpha value is -0.310. The van der Waals surface area contributed by atoms with Crippen molar-refractivity contribution in [3.63, 3.8) is 0 Å². The summed E-state index contributed by atoms with van der Waals surface area (Å²) in [6, 6.07) is 0. The van der Waals surface area contributed by atoms with E-state index in [0.717, 1.165) is 6.20 Å². The number of hydroxylamine groups is 2. The summed E-state index contributed by atoms with van der Waals surface area (Å²) in [5.41, 5.74) is 0. The molecule has 90 valence electrons. The Morgan fingerprint density at radius 1 is 1.81 bits per heavy atom. The highest BCUT2D eigenvalue weighted by Crippen LogP contribution is 2.32. The van der Waals surface area contributed by atoms with E-state index in [1.807, 2.05) is 0 Å². The molecule has 1 N–H and O–H groups in total. The van der Waals surface area contributed by atoms with Crippen LogP contribution in [0.5, 0.6) is 0 Å². The molecular formula is C8H11ClFN3O2S. The van der Waals surface area contributed by atoms with E-state index in [-0.39, 0.29) is 18.3 Å². The predicted octanol–water partition coefficient (Wildman–Crippen LogP) is 0.918. The van der Waals surface area contributed by atoms with Crippen molar-refractivity contribution < 1.29 is 9.50 Å². The van der Waals surface area contributed by atoms with Crippen LogP contribution in [0.4, 0.5) is 9.52 Å². The van der Waals surface area contributed by atoms with Gasteiger partial charge in [0, 0.05) is 12.4 Å². The maximum Gasteiger partial charge on any atom is 0.292 e. The Bertz CT molecular complexity index is 380. The first-order chi connectivity index (χ1) is 7.56. The van der Waals surface area contributed by atoms with Gasteiger partial charge in [0.15, 0.2) is 0 Å². The largest absolute Gasteiger partial charge is 0.623 e. The van der Waals surface area contributed by atoms with Gasteiger partial charge in [-0.1, -0.05) is 0 Å². The van der Waals surface area contributed by atoms with Crippen LogP contribution in [0.25, 0.3) is 0 Å². The summed E-state index contributed by atoms with van der Waals surface area (Å²) in [4.78, 5) is 5.44. The summed E-state index contributed by atoms with van der Waals surface area (Å²) in [5, 5.41) is 21.6. The zero-order valence-corrected chi connectivity index (χ0v) is 9.92. The van der Waals surface area contributed by atoms with Crippen molar-refractivity contribution >= 4 is 28.1 Å². The van der Waals surface area contributed by atoms with Crippen molar-refractivity contribution in [1.29, 1.82) is 0 Å². The summed E-state index contributed by atoms with van der Waals surface area (Å²) < 4.78 is 11.8. The molecule has 2 atom stereocenters. The average molecular weight is 268 g/mol. The van der Waals surface area contributed by atoms with E-state index in [0.29, 0.717) is 23.8 Å². The Morgan fingerprint density at radius 2 is 2.56 bits per heavy atom. The minimum Gasteiger partial charge on any atom is -0.623 e. The number of β-amino-alcohol motifs (C(OH)–C–C–N with tert-alkyl or cyclic N) is 1. The van der Waals surface area contributed by atoms with E-state index < -0.39 is 16.0 Å². The van der Waals surface area contributed by atoms with Gasteiger partial charge in [0.25, 0.3) is 5.13 Å². The Kier molecular flexibility index (Phi) is 3.43. The molecule has 1 fully saturated rings. The zero-order valence-electron chi connectivity index (χ0n) is 8.34. The molecular weight excluding hydrogens is 257 g/mol. The van der Waals surface area contributed by atoms with Crippen molar-refractivity contribution in [2.45, 2.75) is 6.23 Å². The van der Waals surface area contributed by atoms with Crippen LogP contribution < -0.4 is 4.65 Å². The molecule has 0 saturated carbocycles. The molecule has 1 aliphatic heterocycles. The van der Waals surface area contributed by atoms with Gasteiger partial charge in [-0.2, -0.15) is 9.37 Å². The van der Waals surface area contributed by atoms with Gasteiger partial charge in [-0.3, -0.25) is 4.65 Å². The highest BCUT2D eigenvalue weighted by Gasteiger charge is 2.42. The minimum absolute atomic E-state index is 0.0436. The third kappa shape index (κ3) is 2.06. The number of hydrogen-bond acceptors (Lipinski definition) is 5. The number of nitrogens with zero attached hydrogens (tertiary/aromatic N) is 3. The quantitative estimate of drug-likeness (QED) is 0.503. The fraction of sp³-hybridized carbons (Fsp3) is 0.625. The second kappa shape index (κ2) is 4.52. The van der Waals surface area contributed by atoms with Crippen molar-refractivity contribution in [3.8, 4) is 0 Å². The van der Waals surface area contributed by atoms with Crippen LogP contribution in [0, 0.1) is 10.3 Å². The number of alkyl halides is 1. The number of rotatable bonds is 3. The summed E-state index contributed by atoms with van der Waals surface area (Å²) in [6.45, 7) is 0.812. The number of quaternary nitrogens is 1. The molecule has 0 radical (unpaired) electrons. The highest BCUT2D eigenvalue weighted by atomic mass is 35.5. The smallest absolute Gasteiger partial charge is 0.292 e. The van der Waals surface area contributed by atoms with E-state index in [9.17, 15) is 14.7 Å². The number of thiazole rings is 1. The van der Waals surface area contributed by atoms with Crippen LogP contribution in [0.15, 0.2) is 6.20 Å². The first-order valence-electron chi connectivity index (χ1n) is 4.73. The molecule has 16 heavy (non-hydrogen) atoms. The van der Waals surface area contributed by atoms with E-state index in [1.165, 1.54) is 0 Å². The maximum atomic E-state index is 12.8. The van der Waals surface area contributed by atoms with Gasteiger partial charge in [-0.15, -0.1) is 11.6 Å². The fourth-order valence-corrected chi connectivity index (χ4v) is 2.66. The standard InChI is InChI=1S/C8H11ClFN3O2S/c9-1-2-12-4-7(14)13(15,5-12)8-11-3-6(10)16-8/h3,7,14H,1-2,4-5H2. The first kappa shape index (κ1) is 12.2. The van der Waals surface area contributed by atoms with E-state index in [2.05, 4.69) is 4.98 Å². The summed E-state index contributed by atoms with van der Waals surface area (Å²) >= 11 is 6.24. The molecule has 1 aromatic heterocycles. The van der Waals surface area contributed by atoms with Crippen LogP contribution in [-0.2, 0) is 0 Å². The zero-order chi connectivity index (χ0) is 11.8. The highest BCUT2D eigenvalue weighted by molar-refractivity contribution is 7.13. The van der Waals surface area contributed by atoms with Gasteiger partial charge in [-0.05, 0) is 11.3 Å². The van der Waals surface area contributed by atoms with Crippen molar-refractivity contribution in [3.05, 3.63) is 16.5 Å². The molecule has 0 aromatic carbocycles. The molecule has 0 bridgehead atoms. The second-order valence-corrected chi connectivity index (χ2v) is 4.97. The Balaban J connectivity index is 2.19. The molecule has 2 heterocycles. The lowest BCUT2D eigenvalue weighted by Gasteiger charge is -2.37. The van der Waals surface area contributed by atoms with Gasteiger partial charge >= 0.3 is 0 Å². The van der Waals surface area contributed by atoms with Gasteiger partial charge in [0.05, 0.1) is 12.7 Å². The van der Waals surface area contributed by atoms with Crippen LogP contribution in [0.3, 0.4) is 0 Å². The molecule has 1 aliphatic rings. The van der Waals surface area contributed by atoms with Gasteiger partial charge in [0.2, 0.25) is 11.4 Å². The molecule has 0 aliphatic carbocycles. The van der Waals surface area contributed by atoms with Gasteiger partial charge < -0.3 is 10.3 Å². The van der Waals surface area contributed by atoms with Crippen molar-refractivity contribution in [1.82, 2.24) is 14.5 Å². The van der Waals surface area contributed by atoms with Crippen LogP contribution in [0.1, 0.15) is 0 Å². The monoisotopic (exact) mass is 267 g/mol. The predicted molar refractivity (Wildman–Crippen MR) is 60.4 cm³/mol. The van der Waals surface area contributed by atoms with Crippen molar-refractivity contribution in [2.24, 2.45) is 0 Å². The normalized spacial score (nSPS) is 31.1. The fourth-order valence-electron chi connectivity index (χ4n) is 1.70. The molecule has 0 spiro atoms. The maximum absolute atomic E-state index is 12.8. The topological polar surface area (TPSA) is 59.4 Å². The Morgan fingerprint density at radius 3 is 3.12 bits per heavy atom. The number of aliphatic hydroxyl groups excluding tert-OH is 1. The third-order valence-corrected chi connectivity index (χ3v) is 3.57. The SMILES string of the molecule is [O-][N+]1(c2ncc(F)s2)CN(CCCl)CC1O. The number of aromatic nitrogens is 1. The molecule has 0 amide bonds. The van der Waals surface area contributed by atoms with Crippen LogP contribution in [-0.4, -0.2) is 46.9 Å². The summed E-state index contributed by atoms with van der Waals surface area (Å²) in [6.07, 6.45) is -0.136. The van der Waals surface area contributed by atoms with E-state index in [1.54, 1.807) is 4.90 Å². The van der Waals surface area contributed by atoms with Crippen molar-refractivity contribution in [2.75, 3.05) is 25.6 Å². The minimum atomic E-state index is -1.13. The van der Waals surface area contributed by atoms with E-state index in [4.69, 9.17) is 11.6 Å². The molecule has 1 saturated heterocycles. The average Bonchev–Trinajstić information content (AvgIpc) is 2.75.